The van der Waals surface area contributed by atoms with E-state index in [0.29, 0.717) is 6.61 Å². The smallest absolute Gasteiger partial charge is 0.0798 e. The second-order valence-corrected chi connectivity index (χ2v) is 4.18. The van der Waals surface area contributed by atoms with Gasteiger partial charge in [-0.3, -0.25) is 0 Å². The molecular weight excluding hydrogens is 200 g/mol. The molecule has 1 N–H and O–H groups in total. The number of aliphatic hydroxyl groups excluding tert-OH is 1. The van der Waals surface area contributed by atoms with Crippen molar-refractivity contribution in [3.8, 4) is 0 Å². The molecule has 0 amide bonds. The monoisotopic (exact) mass is 222 g/mol. The summed E-state index contributed by atoms with van der Waals surface area (Å²) in [4.78, 5) is 0. The SMILES string of the molecule is CCCCC(O)COC(C)c1ccccc1. The minimum Gasteiger partial charge on any atom is -0.391 e. The molecule has 0 saturated carbocycles. The first kappa shape index (κ1) is 13.2. The van der Waals surface area contributed by atoms with Crippen LogP contribution in [0.4, 0.5) is 0 Å². The van der Waals surface area contributed by atoms with Crippen LogP contribution in [0, 0.1) is 0 Å². The quantitative estimate of drug-likeness (QED) is 0.767. The number of aliphatic hydroxyl groups is 1. The summed E-state index contributed by atoms with van der Waals surface area (Å²) in [5, 5.41) is 9.65. The molecular formula is C14H22O2. The van der Waals surface area contributed by atoms with Crippen molar-refractivity contribution in [1.82, 2.24) is 0 Å². The third-order valence-electron chi connectivity index (χ3n) is 2.70. The third-order valence-corrected chi connectivity index (χ3v) is 2.70. The second kappa shape index (κ2) is 7.42. The Bertz CT molecular complexity index is 271. The highest BCUT2D eigenvalue weighted by Gasteiger charge is 2.08. The van der Waals surface area contributed by atoms with Gasteiger partial charge < -0.3 is 9.84 Å². The predicted octanol–water partition coefficient (Wildman–Crippen LogP) is 3.32. The zero-order valence-electron chi connectivity index (χ0n) is 10.2. The van der Waals surface area contributed by atoms with E-state index in [4.69, 9.17) is 4.74 Å². The lowest BCUT2D eigenvalue weighted by Gasteiger charge is -2.16. The lowest BCUT2D eigenvalue weighted by molar-refractivity contribution is -0.00623. The summed E-state index contributed by atoms with van der Waals surface area (Å²) in [5.74, 6) is 0. The molecule has 0 spiro atoms. The van der Waals surface area contributed by atoms with Gasteiger partial charge in [-0.05, 0) is 18.9 Å². The van der Waals surface area contributed by atoms with E-state index in [1.807, 2.05) is 37.3 Å². The van der Waals surface area contributed by atoms with Crippen molar-refractivity contribution < 1.29 is 9.84 Å². The Morgan fingerprint density at radius 3 is 2.56 bits per heavy atom. The summed E-state index contributed by atoms with van der Waals surface area (Å²) < 4.78 is 5.64. The largest absolute Gasteiger partial charge is 0.391 e. The summed E-state index contributed by atoms with van der Waals surface area (Å²) in [6.45, 7) is 4.57. The Balaban J connectivity index is 2.27. The number of benzene rings is 1. The van der Waals surface area contributed by atoms with Crippen LogP contribution in [-0.4, -0.2) is 17.8 Å². The molecule has 0 radical (unpaired) electrons. The van der Waals surface area contributed by atoms with Gasteiger partial charge in [-0.25, -0.2) is 0 Å². The summed E-state index contributed by atoms with van der Waals surface area (Å²) in [6, 6.07) is 10.1. The van der Waals surface area contributed by atoms with Crippen molar-refractivity contribution in [1.29, 1.82) is 0 Å². The van der Waals surface area contributed by atoms with Crippen LogP contribution in [-0.2, 0) is 4.74 Å². The Morgan fingerprint density at radius 2 is 1.94 bits per heavy atom. The molecule has 16 heavy (non-hydrogen) atoms. The summed E-state index contributed by atoms with van der Waals surface area (Å²) >= 11 is 0. The van der Waals surface area contributed by atoms with Crippen LogP contribution in [0.25, 0.3) is 0 Å². The van der Waals surface area contributed by atoms with Crippen LogP contribution >= 0.6 is 0 Å². The van der Waals surface area contributed by atoms with Crippen LogP contribution in [0.5, 0.6) is 0 Å². The van der Waals surface area contributed by atoms with Gasteiger partial charge in [-0.15, -0.1) is 0 Å². The van der Waals surface area contributed by atoms with Gasteiger partial charge in [0.1, 0.15) is 0 Å². The van der Waals surface area contributed by atoms with E-state index in [2.05, 4.69) is 6.92 Å². The Morgan fingerprint density at radius 1 is 1.25 bits per heavy atom. The van der Waals surface area contributed by atoms with E-state index >= 15 is 0 Å². The van der Waals surface area contributed by atoms with Gasteiger partial charge in [0.25, 0.3) is 0 Å². The Labute approximate surface area is 98.3 Å². The molecule has 0 bridgehead atoms. The Hall–Kier alpha value is -0.860. The molecule has 0 aromatic heterocycles. The van der Waals surface area contributed by atoms with E-state index in [1.165, 1.54) is 0 Å². The average molecular weight is 222 g/mol. The molecule has 1 rings (SSSR count). The summed E-state index contributed by atoms with van der Waals surface area (Å²) in [6.07, 6.45) is 2.73. The summed E-state index contributed by atoms with van der Waals surface area (Å²) in [5.41, 5.74) is 1.16. The molecule has 2 nitrogen and oxygen atoms in total. The molecule has 0 aliphatic rings. The zero-order chi connectivity index (χ0) is 11.8. The molecule has 2 heteroatoms. The molecule has 0 saturated heterocycles. The molecule has 0 fully saturated rings. The van der Waals surface area contributed by atoms with Crippen molar-refractivity contribution in [3.05, 3.63) is 35.9 Å². The molecule has 1 aromatic rings. The van der Waals surface area contributed by atoms with E-state index < -0.39 is 0 Å². The normalized spacial score (nSPS) is 14.7. The molecule has 0 aliphatic heterocycles. The maximum atomic E-state index is 9.65. The van der Waals surface area contributed by atoms with Crippen LogP contribution in [0.3, 0.4) is 0 Å². The van der Waals surface area contributed by atoms with Crippen molar-refractivity contribution in [2.75, 3.05) is 6.61 Å². The first-order valence-corrected chi connectivity index (χ1v) is 6.08. The predicted molar refractivity (Wildman–Crippen MR) is 66.3 cm³/mol. The van der Waals surface area contributed by atoms with Gasteiger partial charge in [-0.1, -0.05) is 50.1 Å². The highest BCUT2D eigenvalue weighted by Crippen LogP contribution is 2.16. The topological polar surface area (TPSA) is 29.5 Å². The van der Waals surface area contributed by atoms with E-state index in [-0.39, 0.29) is 12.2 Å². The first-order chi connectivity index (χ1) is 7.74. The molecule has 2 unspecified atom stereocenters. The lowest BCUT2D eigenvalue weighted by atomic mass is 10.1. The van der Waals surface area contributed by atoms with Gasteiger partial charge in [0.15, 0.2) is 0 Å². The maximum Gasteiger partial charge on any atom is 0.0798 e. The number of rotatable bonds is 7. The minimum atomic E-state index is -0.328. The molecule has 0 heterocycles. The van der Waals surface area contributed by atoms with E-state index in [0.717, 1.165) is 24.8 Å². The third kappa shape index (κ3) is 4.77. The number of ether oxygens (including phenoxy) is 1. The standard InChI is InChI=1S/C14H22O2/c1-3-4-10-14(15)11-16-12(2)13-8-6-5-7-9-13/h5-9,12,14-15H,3-4,10-11H2,1-2H3. The fourth-order valence-electron chi connectivity index (χ4n) is 1.60. The zero-order valence-corrected chi connectivity index (χ0v) is 10.2. The van der Waals surface area contributed by atoms with Crippen molar-refractivity contribution in [2.24, 2.45) is 0 Å². The molecule has 90 valence electrons. The van der Waals surface area contributed by atoms with Gasteiger partial charge in [0.2, 0.25) is 0 Å². The average Bonchev–Trinajstić information content (AvgIpc) is 2.34. The summed E-state index contributed by atoms with van der Waals surface area (Å²) in [7, 11) is 0. The van der Waals surface area contributed by atoms with E-state index in [9.17, 15) is 5.11 Å². The number of unbranched alkanes of at least 4 members (excludes halogenated alkanes) is 1. The highest BCUT2D eigenvalue weighted by atomic mass is 16.5. The molecule has 2 atom stereocenters. The minimum absolute atomic E-state index is 0.0532. The van der Waals surface area contributed by atoms with Crippen LogP contribution in [0.15, 0.2) is 30.3 Å². The fourth-order valence-corrected chi connectivity index (χ4v) is 1.60. The van der Waals surface area contributed by atoms with Crippen molar-refractivity contribution in [3.63, 3.8) is 0 Å². The molecule has 0 aliphatic carbocycles. The maximum absolute atomic E-state index is 9.65. The van der Waals surface area contributed by atoms with Crippen LogP contribution in [0.2, 0.25) is 0 Å². The second-order valence-electron chi connectivity index (χ2n) is 4.18. The Kier molecular flexibility index (Phi) is 6.12. The van der Waals surface area contributed by atoms with Crippen LogP contribution < -0.4 is 0 Å². The van der Waals surface area contributed by atoms with Gasteiger partial charge in [-0.2, -0.15) is 0 Å². The van der Waals surface area contributed by atoms with Crippen molar-refractivity contribution in [2.45, 2.75) is 45.3 Å². The number of hydrogen-bond acceptors (Lipinski definition) is 2. The van der Waals surface area contributed by atoms with Gasteiger partial charge >= 0.3 is 0 Å². The van der Waals surface area contributed by atoms with Crippen LogP contribution in [0.1, 0.15) is 44.8 Å². The lowest BCUT2D eigenvalue weighted by Crippen LogP contribution is -2.16. The first-order valence-electron chi connectivity index (χ1n) is 6.08. The van der Waals surface area contributed by atoms with Gasteiger partial charge in [0, 0.05) is 0 Å². The van der Waals surface area contributed by atoms with Gasteiger partial charge in [0.05, 0.1) is 18.8 Å². The fraction of sp³-hybridized carbons (Fsp3) is 0.571. The number of hydrogen-bond donors (Lipinski definition) is 1. The highest BCUT2D eigenvalue weighted by molar-refractivity contribution is 5.16. The van der Waals surface area contributed by atoms with Crippen molar-refractivity contribution >= 4 is 0 Å². The molecule has 1 aromatic carbocycles. The van der Waals surface area contributed by atoms with E-state index in [1.54, 1.807) is 0 Å².